The van der Waals surface area contributed by atoms with E-state index in [4.69, 9.17) is 29.4 Å². The predicted octanol–water partition coefficient (Wildman–Crippen LogP) is 10.1. The van der Waals surface area contributed by atoms with Crippen LogP contribution in [0.25, 0.3) is 0 Å². The molecule has 0 saturated heterocycles. The molecule has 52 heavy (non-hydrogen) atoms. The van der Waals surface area contributed by atoms with Gasteiger partial charge in [0.2, 0.25) is 0 Å². The van der Waals surface area contributed by atoms with Gasteiger partial charge in [0.05, 0.1) is 59.8 Å². The minimum atomic E-state index is 0.213. The molecule has 2 heterocycles. The normalized spacial score (nSPS) is 13.3. The molecule has 0 bridgehead atoms. The number of rotatable bonds is 6. The second kappa shape index (κ2) is 15.4. The quantitative estimate of drug-likeness (QED) is 0.182. The Morgan fingerprint density at radius 3 is 0.962 bits per heavy atom. The standard InChI is InChI=1S/2C22H18N2O2/c2*1-26-22-13-7-3-9-16(22)20-14-19(15-8-2-6-12-21(15)25)23-17-10-4-5-11-18(17)24-20/h2*2-13,25H,14H2,1H3. The number of para-hydroxylation sites is 8. The molecule has 0 saturated carbocycles. The number of benzene rings is 6. The number of fused-ring (bicyclic) bond motifs is 2. The van der Waals surface area contributed by atoms with Crippen LogP contribution in [0.5, 0.6) is 23.0 Å². The molecule has 8 heteroatoms. The van der Waals surface area contributed by atoms with Gasteiger partial charge in [-0.25, -0.2) is 0 Å². The van der Waals surface area contributed by atoms with Crippen LogP contribution in [0.4, 0.5) is 22.7 Å². The largest absolute Gasteiger partial charge is 0.507 e. The van der Waals surface area contributed by atoms with Gasteiger partial charge in [-0.1, -0.05) is 72.8 Å². The van der Waals surface area contributed by atoms with Crippen molar-refractivity contribution < 1.29 is 19.7 Å². The third kappa shape index (κ3) is 7.22. The fraction of sp³-hybridized carbons (Fsp3) is 0.0909. The summed E-state index contributed by atoms with van der Waals surface area (Å²) in [5.74, 6) is 1.96. The van der Waals surface area contributed by atoms with E-state index >= 15 is 0 Å². The molecule has 0 spiro atoms. The first kappa shape index (κ1) is 33.7. The lowest BCUT2D eigenvalue weighted by Crippen LogP contribution is -2.11. The second-order valence-electron chi connectivity index (χ2n) is 12.0. The molecule has 8 rings (SSSR count). The van der Waals surface area contributed by atoms with Crippen LogP contribution in [0.3, 0.4) is 0 Å². The van der Waals surface area contributed by atoms with Crippen molar-refractivity contribution in [3.05, 3.63) is 168 Å². The van der Waals surface area contributed by atoms with Gasteiger partial charge >= 0.3 is 0 Å². The van der Waals surface area contributed by atoms with Crippen LogP contribution in [-0.2, 0) is 0 Å². The first-order chi connectivity index (χ1) is 25.5. The molecule has 6 aromatic carbocycles. The molecule has 0 fully saturated rings. The van der Waals surface area contributed by atoms with Crippen LogP contribution >= 0.6 is 0 Å². The summed E-state index contributed by atoms with van der Waals surface area (Å²) in [6, 6.07) is 45.7. The summed E-state index contributed by atoms with van der Waals surface area (Å²) in [5, 5.41) is 20.6. The number of methoxy groups -OCH3 is 2. The average molecular weight is 685 g/mol. The molecule has 256 valence electrons. The van der Waals surface area contributed by atoms with Crippen molar-refractivity contribution in [2.45, 2.75) is 12.8 Å². The van der Waals surface area contributed by atoms with Gasteiger partial charge in [-0.15, -0.1) is 0 Å². The van der Waals surface area contributed by atoms with Crippen molar-refractivity contribution in [1.29, 1.82) is 0 Å². The number of phenols is 2. The van der Waals surface area contributed by atoms with E-state index in [0.29, 0.717) is 24.0 Å². The summed E-state index contributed by atoms with van der Waals surface area (Å²) in [4.78, 5) is 19.3. The summed E-state index contributed by atoms with van der Waals surface area (Å²) < 4.78 is 11.0. The molecule has 2 aliphatic heterocycles. The Bertz CT molecular complexity index is 2210. The van der Waals surface area contributed by atoms with Crippen LogP contribution in [-0.4, -0.2) is 47.3 Å². The molecule has 0 radical (unpaired) electrons. The van der Waals surface area contributed by atoms with Crippen LogP contribution in [0.15, 0.2) is 166 Å². The Morgan fingerprint density at radius 2 is 0.635 bits per heavy atom. The van der Waals surface area contributed by atoms with Crippen molar-refractivity contribution in [2.75, 3.05) is 14.2 Å². The SMILES string of the molecule is COc1ccccc1C1=Nc2ccccc2N=C(c2ccccc2O)C1.COc1ccccc1C1=Nc2ccccc2N=C(c2ccccc2O)C1. The van der Waals surface area contributed by atoms with E-state index in [1.165, 1.54) is 0 Å². The first-order valence-electron chi connectivity index (χ1n) is 16.8. The van der Waals surface area contributed by atoms with Crippen molar-refractivity contribution in [3.63, 3.8) is 0 Å². The average Bonchev–Trinajstić information content (AvgIpc) is 3.51. The highest BCUT2D eigenvalue weighted by Crippen LogP contribution is 2.37. The molecule has 2 aliphatic rings. The van der Waals surface area contributed by atoms with Gasteiger partial charge in [-0.3, -0.25) is 20.0 Å². The van der Waals surface area contributed by atoms with E-state index in [1.807, 2.05) is 121 Å². The summed E-state index contributed by atoms with van der Waals surface area (Å²) in [6.45, 7) is 0. The summed E-state index contributed by atoms with van der Waals surface area (Å²) >= 11 is 0. The maximum atomic E-state index is 10.3. The molecular formula is C44H36N4O4. The molecule has 0 aromatic heterocycles. The second-order valence-corrected chi connectivity index (χ2v) is 12.0. The molecule has 0 aliphatic carbocycles. The first-order valence-corrected chi connectivity index (χ1v) is 16.8. The molecule has 8 nitrogen and oxygen atoms in total. The Kier molecular flexibility index (Phi) is 9.97. The van der Waals surface area contributed by atoms with E-state index in [1.54, 1.807) is 38.5 Å². The molecule has 0 amide bonds. The van der Waals surface area contributed by atoms with E-state index in [0.717, 1.165) is 68.2 Å². The Labute approximate surface area is 302 Å². The zero-order valence-electron chi connectivity index (χ0n) is 28.8. The van der Waals surface area contributed by atoms with E-state index in [9.17, 15) is 10.2 Å². The monoisotopic (exact) mass is 684 g/mol. The highest BCUT2D eigenvalue weighted by Gasteiger charge is 2.21. The van der Waals surface area contributed by atoms with E-state index in [2.05, 4.69) is 0 Å². The Balaban J connectivity index is 0.000000162. The van der Waals surface area contributed by atoms with Gasteiger partial charge in [0.1, 0.15) is 23.0 Å². The molecular weight excluding hydrogens is 649 g/mol. The van der Waals surface area contributed by atoms with Crippen LogP contribution in [0.2, 0.25) is 0 Å². The molecule has 2 N–H and O–H groups in total. The topological polar surface area (TPSA) is 108 Å². The third-order valence-corrected chi connectivity index (χ3v) is 8.72. The van der Waals surface area contributed by atoms with E-state index in [-0.39, 0.29) is 11.5 Å². The highest BCUT2D eigenvalue weighted by atomic mass is 16.5. The number of aromatic hydroxyl groups is 2. The number of nitrogens with zero attached hydrogens (tertiary/aromatic N) is 4. The Morgan fingerprint density at radius 1 is 0.365 bits per heavy atom. The molecule has 0 unspecified atom stereocenters. The number of aliphatic imine (C=N–C) groups is 4. The zero-order chi connectivity index (χ0) is 35.9. The highest BCUT2D eigenvalue weighted by molar-refractivity contribution is 6.22. The smallest absolute Gasteiger partial charge is 0.127 e. The van der Waals surface area contributed by atoms with Gasteiger partial charge in [-0.2, -0.15) is 0 Å². The lowest BCUT2D eigenvalue weighted by atomic mass is 9.98. The van der Waals surface area contributed by atoms with Crippen molar-refractivity contribution >= 4 is 45.6 Å². The van der Waals surface area contributed by atoms with Gasteiger partial charge in [0.25, 0.3) is 0 Å². The lowest BCUT2D eigenvalue weighted by Gasteiger charge is -2.12. The van der Waals surface area contributed by atoms with Gasteiger partial charge in [0, 0.05) is 35.1 Å². The van der Waals surface area contributed by atoms with Gasteiger partial charge in [0.15, 0.2) is 0 Å². The van der Waals surface area contributed by atoms with E-state index < -0.39 is 0 Å². The number of ether oxygens (including phenoxy) is 2. The number of hydrogen-bond donors (Lipinski definition) is 2. The van der Waals surface area contributed by atoms with Gasteiger partial charge in [-0.05, 0) is 72.8 Å². The number of hydrogen-bond acceptors (Lipinski definition) is 8. The summed E-state index contributed by atoms with van der Waals surface area (Å²) in [7, 11) is 3.31. The maximum Gasteiger partial charge on any atom is 0.127 e. The summed E-state index contributed by atoms with van der Waals surface area (Å²) in [6.07, 6.45) is 0.985. The summed E-state index contributed by atoms with van der Waals surface area (Å²) in [5.41, 5.74) is 9.73. The number of phenolic OH excluding ortho intramolecular Hbond substituents is 2. The lowest BCUT2D eigenvalue weighted by molar-refractivity contribution is 0.414. The van der Waals surface area contributed by atoms with Crippen molar-refractivity contribution in [2.24, 2.45) is 20.0 Å². The predicted molar refractivity (Wildman–Crippen MR) is 209 cm³/mol. The minimum Gasteiger partial charge on any atom is -0.507 e. The molecule has 6 aromatic rings. The van der Waals surface area contributed by atoms with Crippen LogP contribution < -0.4 is 9.47 Å². The Hall–Kier alpha value is -6.80. The fourth-order valence-electron chi connectivity index (χ4n) is 6.19. The zero-order valence-corrected chi connectivity index (χ0v) is 28.8. The van der Waals surface area contributed by atoms with Crippen LogP contribution in [0, 0.1) is 0 Å². The van der Waals surface area contributed by atoms with Gasteiger partial charge < -0.3 is 19.7 Å². The van der Waals surface area contributed by atoms with Crippen molar-refractivity contribution in [3.8, 4) is 23.0 Å². The van der Waals surface area contributed by atoms with Crippen LogP contribution in [0.1, 0.15) is 35.1 Å². The maximum absolute atomic E-state index is 10.3. The fourth-order valence-corrected chi connectivity index (χ4v) is 6.19. The molecule has 0 atom stereocenters. The third-order valence-electron chi connectivity index (χ3n) is 8.72. The minimum absolute atomic E-state index is 0.213. The van der Waals surface area contributed by atoms with Crippen molar-refractivity contribution in [1.82, 2.24) is 0 Å².